The summed E-state index contributed by atoms with van der Waals surface area (Å²) in [4.78, 5) is 1.31. The van der Waals surface area contributed by atoms with E-state index < -0.39 is 0 Å². The van der Waals surface area contributed by atoms with Crippen molar-refractivity contribution in [3.63, 3.8) is 0 Å². The molecule has 14 heavy (non-hydrogen) atoms. The van der Waals surface area contributed by atoms with E-state index in [1.807, 2.05) is 23.9 Å². The Hall–Kier alpha value is -1.35. The molecule has 0 unspecified atom stereocenters. The van der Waals surface area contributed by atoms with Crippen LogP contribution in [-0.2, 0) is 5.75 Å². The van der Waals surface area contributed by atoms with Gasteiger partial charge in [-0.3, -0.25) is 0 Å². The lowest BCUT2D eigenvalue weighted by Gasteiger charge is -2.16. The van der Waals surface area contributed by atoms with Crippen LogP contribution in [-0.4, -0.2) is 10.2 Å². The molecule has 2 aromatic rings. The lowest BCUT2D eigenvalue weighted by atomic mass is 10.1. The zero-order valence-corrected chi connectivity index (χ0v) is 8.29. The molecule has 1 aliphatic heterocycles. The van der Waals surface area contributed by atoms with Crippen LogP contribution in [0.2, 0.25) is 0 Å². The monoisotopic (exact) mass is 200 g/mol. The largest absolute Gasteiger partial charge is 0.159 e. The Bertz CT molecular complexity index is 437. The van der Waals surface area contributed by atoms with Gasteiger partial charge in [0.05, 0.1) is 5.69 Å². The first kappa shape index (κ1) is 8.00. The van der Waals surface area contributed by atoms with Crippen molar-refractivity contribution in [2.75, 3.05) is 0 Å². The summed E-state index contributed by atoms with van der Waals surface area (Å²) in [5, 5.41) is 8.13. The molecule has 0 fully saturated rings. The number of hydrogen-bond acceptors (Lipinski definition) is 3. The van der Waals surface area contributed by atoms with Crippen LogP contribution >= 0.6 is 11.8 Å². The molecule has 0 atom stereocenters. The molecule has 0 bridgehead atoms. The second-order valence-corrected chi connectivity index (χ2v) is 4.21. The van der Waals surface area contributed by atoms with Crippen molar-refractivity contribution in [1.82, 2.24) is 10.2 Å². The average Bonchev–Trinajstić information content (AvgIpc) is 2.29. The molecule has 1 aromatic heterocycles. The van der Waals surface area contributed by atoms with Crippen molar-refractivity contribution in [3.05, 3.63) is 42.1 Å². The lowest BCUT2D eigenvalue weighted by molar-refractivity contribution is 1.01. The summed E-state index contributed by atoms with van der Waals surface area (Å²) in [5.74, 6) is 1.00. The Balaban J connectivity index is 2.29. The third-order valence-corrected chi connectivity index (χ3v) is 3.45. The Labute approximate surface area is 86.4 Å². The van der Waals surface area contributed by atoms with Crippen molar-refractivity contribution in [1.29, 1.82) is 0 Å². The normalized spacial score (nSPS) is 13.1. The summed E-state index contributed by atoms with van der Waals surface area (Å²) in [6, 6.07) is 10.4. The Morgan fingerprint density at radius 3 is 3.07 bits per heavy atom. The first-order valence-corrected chi connectivity index (χ1v) is 5.46. The highest BCUT2D eigenvalue weighted by Crippen LogP contribution is 2.39. The first-order valence-electron chi connectivity index (χ1n) is 4.48. The Morgan fingerprint density at radius 1 is 1.14 bits per heavy atom. The highest BCUT2D eigenvalue weighted by molar-refractivity contribution is 7.98. The minimum absolute atomic E-state index is 1.00. The van der Waals surface area contributed by atoms with E-state index >= 15 is 0 Å². The maximum absolute atomic E-state index is 4.20. The van der Waals surface area contributed by atoms with Gasteiger partial charge >= 0.3 is 0 Å². The van der Waals surface area contributed by atoms with Gasteiger partial charge in [0.2, 0.25) is 0 Å². The Morgan fingerprint density at radius 2 is 2.07 bits per heavy atom. The van der Waals surface area contributed by atoms with Gasteiger partial charge in [-0.25, -0.2) is 0 Å². The molecule has 0 spiro atoms. The molecule has 68 valence electrons. The van der Waals surface area contributed by atoms with Gasteiger partial charge in [0.1, 0.15) is 0 Å². The van der Waals surface area contributed by atoms with Gasteiger partial charge in [-0.15, -0.1) is 11.8 Å². The van der Waals surface area contributed by atoms with Crippen molar-refractivity contribution in [3.8, 4) is 11.3 Å². The maximum Gasteiger partial charge on any atom is 0.0981 e. The van der Waals surface area contributed by atoms with E-state index in [2.05, 4.69) is 28.4 Å². The van der Waals surface area contributed by atoms with Gasteiger partial charge in [-0.2, -0.15) is 10.2 Å². The third kappa shape index (κ3) is 1.13. The highest BCUT2D eigenvalue weighted by atomic mass is 32.2. The topological polar surface area (TPSA) is 25.8 Å². The van der Waals surface area contributed by atoms with Crippen LogP contribution in [0.4, 0.5) is 0 Å². The van der Waals surface area contributed by atoms with Crippen molar-refractivity contribution in [2.24, 2.45) is 0 Å². The van der Waals surface area contributed by atoms with E-state index in [-0.39, 0.29) is 0 Å². The predicted molar refractivity (Wildman–Crippen MR) is 57.0 cm³/mol. The summed E-state index contributed by atoms with van der Waals surface area (Å²) in [7, 11) is 0. The molecule has 1 aliphatic rings. The molecule has 3 rings (SSSR count). The SMILES string of the molecule is c1ccc2c(c1)SCc1ccnnc1-2. The number of hydrogen-bond donors (Lipinski definition) is 0. The fourth-order valence-electron chi connectivity index (χ4n) is 1.64. The van der Waals surface area contributed by atoms with Crippen molar-refractivity contribution >= 4 is 11.8 Å². The zero-order chi connectivity index (χ0) is 9.38. The van der Waals surface area contributed by atoms with Gasteiger partial charge in [0.25, 0.3) is 0 Å². The molecule has 0 amide bonds. The predicted octanol–water partition coefficient (Wildman–Crippen LogP) is 2.75. The van der Waals surface area contributed by atoms with Gasteiger partial charge in [0.15, 0.2) is 0 Å². The molecular formula is C11H8N2S. The van der Waals surface area contributed by atoms with Crippen molar-refractivity contribution < 1.29 is 0 Å². The number of rotatable bonds is 0. The van der Waals surface area contributed by atoms with E-state index in [9.17, 15) is 0 Å². The molecule has 2 heterocycles. The van der Waals surface area contributed by atoms with Crippen LogP contribution in [0, 0.1) is 0 Å². The van der Waals surface area contributed by atoms with Crippen LogP contribution in [0.1, 0.15) is 5.56 Å². The first-order chi connectivity index (χ1) is 6.95. The quantitative estimate of drug-likeness (QED) is 0.654. The van der Waals surface area contributed by atoms with Crippen LogP contribution in [0.5, 0.6) is 0 Å². The third-order valence-electron chi connectivity index (χ3n) is 2.33. The smallest absolute Gasteiger partial charge is 0.0981 e. The minimum atomic E-state index is 1.00. The fraction of sp³-hybridized carbons (Fsp3) is 0.0909. The van der Waals surface area contributed by atoms with Crippen LogP contribution in [0.15, 0.2) is 41.4 Å². The van der Waals surface area contributed by atoms with Crippen molar-refractivity contribution in [2.45, 2.75) is 10.6 Å². The van der Waals surface area contributed by atoms with E-state index in [1.165, 1.54) is 16.0 Å². The van der Waals surface area contributed by atoms with Gasteiger partial charge in [-0.1, -0.05) is 18.2 Å². The maximum atomic E-state index is 4.20. The molecule has 1 aromatic carbocycles. The summed E-state index contributed by atoms with van der Waals surface area (Å²) >= 11 is 1.86. The van der Waals surface area contributed by atoms with Gasteiger partial charge in [0, 0.05) is 22.4 Å². The van der Waals surface area contributed by atoms with Crippen LogP contribution < -0.4 is 0 Å². The molecule has 0 saturated carbocycles. The van der Waals surface area contributed by atoms with Gasteiger partial charge in [-0.05, 0) is 17.7 Å². The minimum Gasteiger partial charge on any atom is -0.159 e. The number of aromatic nitrogens is 2. The molecular weight excluding hydrogens is 192 g/mol. The highest BCUT2D eigenvalue weighted by Gasteiger charge is 2.16. The number of nitrogens with zero attached hydrogens (tertiary/aromatic N) is 2. The molecule has 0 N–H and O–H groups in total. The summed E-state index contributed by atoms with van der Waals surface area (Å²) in [5.41, 5.74) is 3.54. The van der Waals surface area contributed by atoms with E-state index in [4.69, 9.17) is 0 Å². The number of benzene rings is 1. The molecule has 0 aliphatic carbocycles. The zero-order valence-electron chi connectivity index (χ0n) is 7.47. The molecule has 3 heteroatoms. The second-order valence-electron chi connectivity index (χ2n) is 3.19. The fourth-order valence-corrected chi connectivity index (χ4v) is 2.68. The van der Waals surface area contributed by atoms with Crippen LogP contribution in [0.25, 0.3) is 11.3 Å². The van der Waals surface area contributed by atoms with E-state index in [1.54, 1.807) is 6.20 Å². The molecule has 2 nitrogen and oxygen atoms in total. The number of fused-ring (bicyclic) bond motifs is 3. The van der Waals surface area contributed by atoms with Gasteiger partial charge < -0.3 is 0 Å². The average molecular weight is 200 g/mol. The van der Waals surface area contributed by atoms with Crippen LogP contribution in [0.3, 0.4) is 0 Å². The summed E-state index contributed by atoms with van der Waals surface area (Å²) < 4.78 is 0. The summed E-state index contributed by atoms with van der Waals surface area (Å²) in [6.07, 6.45) is 1.76. The summed E-state index contributed by atoms with van der Waals surface area (Å²) in [6.45, 7) is 0. The van der Waals surface area contributed by atoms with E-state index in [0.29, 0.717) is 0 Å². The second kappa shape index (κ2) is 3.10. The Kier molecular flexibility index (Phi) is 1.77. The molecule has 0 saturated heterocycles. The van der Waals surface area contributed by atoms with E-state index in [0.717, 1.165) is 11.4 Å². The standard InChI is InChI=1S/C11H8N2S/c1-2-4-10-9(3-1)11-8(7-14-10)5-6-12-13-11/h1-6H,7H2. The number of thioether (sulfide) groups is 1. The lowest BCUT2D eigenvalue weighted by Crippen LogP contribution is -1.99. The molecule has 0 radical (unpaired) electrons.